The number of hydrogen-bond acceptors (Lipinski definition) is 0. The van der Waals surface area contributed by atoms with Gasteiger partial charge in [0.2, 0.25) is 0 Å². The van der Waals surface area contributed by atoms with Crippen molar-refractivity contribution in [3.63, 3.8) is 0 Å². The van der Waals surface area contributed by atoms with Gasteiger partial charge in [-0.2, -0.15) is 7.41 Å². The van der Waals surface area contributed by atoms with Crippen molar-refractivity contribution in [1.29, 1.82) is 0 Å². The molecule has 1 aromatic rings. The van der Waals surface area contributed by atoms with E-state index in [1.165, 1.54) is 15.7 Å². The highest BCUT2D eigenvalue weighted by Crippen LogP contribution is 2.35. The highest BCUT2D eigenvalue weighted by Gasteiger charge is 1.73. The molecule has 0 fully saturated rings. The van der Waals surface area contributed by atoms with Gasteiger partial charge >= 0.3 is 0 Å². The predicted molar refractivity (Wildman–Crippen MR) is 35.3 cm³/mol. The van der Waals surface area contributed by atoms with E-state index in [0.29, 0.717) is 0 Å². The SMILES string of the molecule is [B]p1cppc1. The topological polar surface area (TPSA) is 0 Å². The molecular weight excluding hydrogens is 128 g/mol. The van der Waals surface area contributed by atoms with Crippen molar-refractivity contribution >= 4 is 30.7 Å². The summed E-state index contributed by atoms with van der Waals surface area (Å²) in [7, 11) is 8.00. The van der Waals surface area contributed by atoms with E-state index in [4.69, 9.17) is 7.57 Å². The van der Waals surface area contributed by atoms with E-state index < -0.39 is 0 Å². The van der Waals surface area contributed by atoms with Gasteiger partial charge in [-0.05, 0) is 26.8 Å². The fourth-order valence-corrected chi connectivity index (χ4v) is 5.63. The summed E-state index contributed by atoms with van der Waals surface area (Å²) in [5, 5.41) is 0. The van der Waals surface area contributed by atoms with E-state index in [1.54, 1.807) is 0 Å². The van der Waals surface area contributed by atoms with Gasteiger partial charge in [-0.15, -0.1) is 0 Å². The van der Waals surface area contributed by atoms with Crippen LogP contribution in [-0.2, 0) is 0 Å². The van der Waals surface area contributed by atoms with Crippen molar-refractivity contribution in [1.82, 2.24) is 0 Å². The molecule has 0 bridgehead atoms. The lowest BCUT2D eigenvalue weighted by atomic mass is 10.8. The Morgan fingerprint density at radius 2 is 1.83 bits per heavy atom. The van der Waals surface area contributed by atoms with Crippen LogP contribution in [0.1, 0.15) is 0 Å². The average molecular weight is 130 g/mol. The summed E-state index contributed by atoms with van der Waals surface area (Å²) in [4.78, 5) is 0. The van der Waals surface area contributed by atoms with Gasteiger partial charge in [0.1, 0.15) is 7.57 Å². The first-order valence-electron chi connectivity index (χ1n) is 1.49. The molecule has 0 amide bonds. The third kappa shape index (κ3) is 1.09. The first kappa shape index (κ1) is 4.85. The molecule has 1 rings (SSSR count). The Bertz CT molecular complexity index is 112. The van der Waals surface area contributed by atoms with Crippen LogP contribution in [0.5, 0.6) is 0 Å². The Labute approximate surface area is 42.5 Å². The van der Waals surface area contributed by atoms with Gasteiger partial charge in [-0.1, -0.05) is 0 Å². The van der Waals surface area contributed by atoms with Crippen molar-refractivity contribution in [2.75, 3.05) is 0 Å². The Kier molecular flexibility index (Phi) is 1.72. The molecule has 2 radical (unpaired) electrons. The lowest BCUT2D eigenvalue weighted by Crippen LogP contribution is -1.30. The van der Waals surface area contributed by atoms with Crippen LogP contribution in [0.15, 0.2) is 11.1 Å². The summed E-state index contributed by atoms with van der Waals surface area (Å²) in [5.41, 5.74) is 4.30. The van der Waals surface area contributed by atoms with Gasteiger partial charge in [0.15, 0.2) is 0 Å². The minimum Gasteiger partial charge on any atom is -0.169 e. The quantitative estimate of drug-likeness (QED) is 0.473. The fraction of sp³-hybridized carbons (Fsp3) is 0. The monoisotopic (exact) mass is 130 g/mol. The maximum atomic E-state index is 5.47. The van der Waals surface area contributed by atoms with Gasteiger partial charge in [0.05, 0.1) is 0 Å². The molecule has 0 aliphatic carbocycles. The molecule has 0 aliphatic heterocycles. The van der Waals surface area contributed by atoms with Crippen LogP contribution in [0, 0.1) is 0 Å². The summed E-state index contributed by atoms with van der Waals surface area (Å²) in [6.45, 7) is 0. The molecule has 6 heavy (non-hydrogen) atoms. The lowest BCUT2D eigenvalue weighted by molar-refractivity contribution is 2.86. The van der Waals surface area contributed by atoms with Gasteiger partial charge in [0.25, 0.3) is 0 Å². The summed E-state index contributed by atoms with van der Waals surface area (Å²) in [5.74, 6) is 0. The molecule has 1 heterocycles. The van der Waals surface area contributed by atoms with Crippen LogP contribution in [0.25, 0.3) is 0 Å². The second kappa shape index (κ2) is 2.13. The molecule has 4 heteroatoms. The molecule has 0 aliphatic rings. The van der Waals surface area contributed by atoms with Gasteiger partial charge in [-0.25, -0.2) is 0 Å². The van der Waals surface area contributed by atoms with Crippen molar-refractivity contribution < 1.29 is 0 Å². The van der Waals surface area contributed by atoms with Crippen LogP contribution in [0.3, 0.4) is 0 Å². The van der Waals surface area contributed by atoms with E-state index in [-0.39, 0.29) is 7.41 Å². The zero-order valence-corrected chi connectivity index (χ0v) is 5.76. The molecule has 0 spiro atoms. The molecule has 0 unspecified atom stereocenters. The highest BCUT2D eigenvalue weighted by atomic mass is 31.8. The Morgan fingerprint density at radius 1 is 1.33 bits per heavy atom. The van der Waals surface area contributed by atoms with E-state index >= 15 is 0 Å². The molecule has 0 saturated carbocycles. The van der Waals surface area contributed by atoms with Crippen LogP contribution >= 0.6 is 23.2 Å². The Morgan fingerprint density at radius 3 is 2.00 bits per heavy atom. The molecule has 28 valence electrons. The summed E-state index contributed by atoms with van der Waals surface area (Å²) in [6, 6.07) is 0. The summed E-state index contributed by atoms with van der Waals surface area (Å²) < 4.78 is 0. The standard InChI is InChI=1S/C2H2BP3/c3-6-1-4-5-2-6/h1-2H. The average Bonchev–Trinajstić information content (AvgIpc) is 1.86. The van der Waals surface area contributed by atoms with E-state index in [9.17, 15) is 0 Å². The predicted octanol–water partition coefficient (Wildman–Crippen LogP) is 2.77. The first-order chi connectivity index (χ1) is 2.89. The minimum absolute atomic E-state index is 0.240. The summed E-state index contributed by atoms with van der Waals surface area (Å²) >= 11 is 0. The zero-order chi connectivity index (χ0) is 4.41. The molecule has 0 N–H and O–H groups in total. The molecule has 0 nitrogen and oxygen atoms in total. The zero-order valence-electron chi connectivity index (χ0n) is 3.07. The van der Waals surface area contributed by atoms with Crippen molar-refractivity contribution in [3.05, 3.63) is 11.1 Å². The minimum atomic E-state index is -0.240. The van der Waals surface area contributed by atoms with E-state index in [2.05, 4.69) is 11.1 Å². The van der Waals surface area contributed by atoms with Crippen LogP contribution in [0.4, 0.5) is 0 Å². The maximum Gasteiger partial charge on any atom is 0.147 e. The van der Waals surface area contributed by atoms with Crippen LogP contribution in [0.2, 0.25) is 0 Å². The molecule has 0 atom stereocenters. The van der Waals surface area contributed by atoms with E-state index in [0.717, 1.165) is 0 Å². The van der Waals surface area contributed by atoms with Crippen molar-refractivity contribution in [3.8, 4) is 0 Å². The van der Waals surface area contributed by atoms with Crippen LogP contribution in [-0.4, -0.2) is 7.57 Å². The maximum absolute atomic E-state index is 5.47. The summed E-state index contributed by atoms with van der Waals surface area (Å²) in [6.07, 6.45) is 0. The third-order valence-electron chi connectivity index (χ3n) is 0.437. The fourth-order valence-electron chi connectivity index (χ4n) is 0.209. The molecule has 1 aromatic heterocycles. The lowest BCUT2D eigenvalue weighted by Gasteiger charge is -1.68. The smallest absolute Gasteiger partial charge is 0.147 e. The molecule has 0 saturated heterocycles. The van der Waals surface area contributed by atoms with E-state index in [1.807, 2.05) is 0 Å². The second-order valence-corrected chi connectivity index (χ2v) is 5.50. The largest absolute Gasteiger partial charge is 0.169 e. The van der Waals surface area contributed by atoms with Gasteiger partial charge < -0.3 is 0 Å². The van der Waals surface area contributed by atoms with Crippen LogP contribution < -0.4 is 0 Å². The number of rotatable bonds is 0. The molecule has 0 aromatic carbocycles. The first-order valence-corrected chi connectivity index (χ1v) is 5.67. The molecular formula is C2H2BP3. The normalized spacial score (nSPS) is 14.3. The van der Waals surface area contributed by atoms with Crippen molar-refractivity contribution in [2.45, 2.75) is 0 Å². The van der Waals surface area contributed by atoms with Gasteiger partial charge in [-0.3, -0.25) is 0 Å². The van der Waals surface area contributed by atoms with Gasteiger partial charge in [0, 0.05) is 0 Å². The Hall–Kier alpha value is 0.705. The Balaban J connectivity index is 3.05. The third-order valence-corrected chi connectivity index (χ3v) is 5.79. The number of hydrogen-bond donors (Lipinski definition) is 0. The van der Waals surface area contributed by atoms with Crippen molar-refractivity contribution in [2.24, 2.45) is 0 Å². The second-order valence-electron chi connectivity index (χ2n) is 0.909. The highest BCUT2D eigenvalue weighted by molar-refractivity contribution is 8.00.